The fraction of sp³-hybridized carbons (Fsp3) is 0.500. The molecule has 110 valence electrons. The molecule has 0 spiro atoms. The first kappa shape index (κ1) is 14.7. The molecule has 2 atom stereocenters. The van der Waals surface area contributed by atoms with E-state index in [4.69, 9.17) is 0 Å². The molecule has 4 nitrogen and oxygen atoms in total. The molecule has 1 aromatic rings. The normalized spacial score (nSPS) is 22.9. The quantitative estimate of drug-likeness (QED) is 0.924. The van der Waals surface area contributed by atoms with E-state index in [2.05, 4.69) is 10.1 Å². The number of hydrogen-bond donors (Lipinski definition) is 1. The summed E-state index contributed by atoms with van der Waals surface area (Å²) in [5.41, 5.74) is 0.479. The molecule has 1 fully saturated rings. The number of halogens is 2. The average molecular weight is 284 g/mol. The topological polar surface area (TPSA) is 41.6 Å². The summed E-state index contributed by atoms with van der Waals surface area (Å²) in [7, 11) is 0. The van der Waals surface area contributed by atoms with Crippen molar-refractivity contribution >= 4 is 5.91 Å². The van der Waals surface area contributed by atoms with Crippen LogP contribution in [0, 0.1) is 0 Å². The Bertz CT molecular complexity index is 465. The Kier molecular flexibility index (Phi) is 4.54. The molecule has 0 saturated carbocycles. The molecule has 1 N–H and O–H groups in total. The van der Waals surface area contributed by atoms with Crippen molar-refractivity contribution in [2.75, 3.05) is 13.1 Å². The van der Waals surface area contributed by atoms with Gasteiger partial charge in [-0.25, -0.2) is 0 Å². The van der Waals surface area contributed by atoms with Crippen LogP contribution in [0.2, 0.25) is 0 Å². The highest BCUT2D eigenvalue weighted by Gasteiger charge is 2.28. The molecule has 0 bridgehead atoms. The van der Waals surface area contributed by atoms with Crippen LogP contribution < -0.4 is 10.1 Å². The lowest BCUT2D eigenvalue weighted by atomic mass is 10.1. The van der Waals surface area contributed by atoms with Crippen molar-refractivity contribution in [3.63, 3.8) is 0 Å². The van der Waals surface area contributed by atoms with Crippen LogP contribution >= 0.6 is 0 Å². The van der Waals surface area contributed by atoms with Gasteiger partial charge in [0.15, 0.2) is 0 Å². The predicted octanol–water partition coefficient (Wildman–Crippen LogP) is 2.11. The number of nitrogens with zero attached hydrogens (tertiary/aromatic N) is 1. The van der Waals surface area contributed by atoms with Gasteiger partial charge in [-0.1, -0.05) is 0 Å². The highest BCUT2D eigenvalue weighted by molar-refractivity contribution is 5.94. The summed E-state index contributed by atoms with van der Waals surface area (Å²) in [6.45, 7) is 2.56. The van der Waals surface area contributed by atoms with E-state index < -0.39 is 6.61 Å². The van der Waals surface area contributed by atoms with Crippen LogP contribution in [0.4, 0.5) is 8.78 Å². The van der Waals surface area contributed by atoms with Crippen molar-refractivity contribution in [2.24, 2.45) is 0 Å². The molecule has 1 amide bonds. The molecular weight excluding hydrogens is 266 g/mol. The Morgan fingerprint density at radius 3 is 2.60 bits per heavy atom. The van der Waals surface area contributed by atoms with Crippen LogP contribution in [0.5, 0.6) is 5.75 Å². The van der Waals surface area contributed by atoms with Crippen LogP contribution in [0.15, 0.2) is 24.3 Å². The number of ether oxygens (including phenoxy) is 1. The maximum atomic E-state index is 12.4. The summed E-state index contributed by atoms with van der Waals surface area (Å²) in [4.78, 5) is 14.2. The van der Waals surface area contributed by atoms with Gasteiger partial charge in [-0.05, 0) is 38.1 Å². The number of carbonyl (C=O) groups excluding carboxylic acids is 1. The molecule has 1 saturated heterocycles. The van der Waals surface area contributed by atoms with Gasteiger partial charge in [-0.15, -0.1) is 0 Å². The van der Waals surface area contributed by atoms with Crippen LogP contribution in [-0.2, 0) is 0 Å². The summed E-state index contributed by atoms with van der Waals surface area (Å²) >= 11 is 0. The zero-order valence-electron chi connectivity index (χ0n) is 11.5. The largest absolute Gasteiger partial charge is 0.435 e. The molecule has 6 heteroatoms. The highest BCUT2D eigenvalue weighted by atomic mass is 19.3. The van der Waals surface area contributed by atoms with Gasteiger partial charge in [0.25, 0.3) is 5.91 Å². The summed E-state index contributed by atoms with van der Waals surface area (Å²) in [5, 5.41) is 3.30. The van der Waals surface area contributed by atoms with Gasteiger partial charge >= 0.3 is 6.61 Å². The summed E-state index contributed by atoms with van der Waals surface area (Å²) in [6, 6.07) is 6.12. The van der Waals surface area contributed by atoms with Crippen LogP contribution in [-0.4, -0.2) is 42.6 Å². The van der Waals surface area contributed by atoms with Gasteiger partial charge < -0.3 is 15.0 Å². The number of rotatable bonds is 3. The second-order valence-electron chi connectivity index (χ2n) is 4.88. The smallest absolute Gasteiger partial charge is 0.387 e. The molecule has 2 rings (SSSR count). The van der Waals surface area contributed by atoms with E-state index in [-0.39, 0.29) is 23.7 Å². The van der Waals surface area contributed by atoms with Crippen molar-refractivity contribution in [1.82, 2.24) is 10.2 Å². The summed E-state index contributed by atoms with van der Waals surface area (Å²) < 4.78 is 28.4. The van der Waals surface area contributed by atoms with Crippen molar-refractivity contribution in [2.45, 2.75) is 32.5 Å². The fourth-order valence-electron chi connectivity index (χ4n) is 2.29. The van der Waals surface area contributed by atoms with E-state index in [9.17, 15) is 13.6 Å². The lowest BCUT2D eigenvalue weighted by molar-refractivity contribution is -0.0498. The maximum absolute atomic E-state index is 12.4. The van der Waals surface area contributed by atoms with Gasteiger partial charge in [-0.2, -0.15) is 8.78 Å². The Labute approximate surface area is 116 Å². The first-order chi connectivity index (χ1) is 9.49. The molecular formula is C14H18F2N2O2. The van der Waals surface area contributed by atoms with Crippen LogP contribution in [0.25, 0.3) is 0 Å². The SMILES string of the molecule is CC1NCCN(C(=O)c2ccc(OC(F)F)cc2)C1C. The highest BCUT2D eigenvalue weighted by Crippen LogP contribution is 2.18. The zero-order chi connectivity index (χ0) is 14.7. The molecule has 1 aliphatic rings. The van der Waals surface area contributed by atoms with Crippen LogP contribution in [0.3, 0.4) is 0 Å². The molecule has 2 unspecified atom stereocenters. The summed E-state index contributed by atoms with van der Waals surface area (Å²) in [6.07, 6.45) is 0. The minimum Gasteiger partial charge on any atom is -0.435 e. The fourth-order valence-corrected chi connectivity index (χ4v) is 2.29. The van der Waals surface area contributed by atoms with Gasteiger partial charge in [0, 0.05) is 30.7 Å². The molecule has 1 aliphatic heterocycles. The molecule has 0 aliphatic carbocycles. The number of benzene rings is 1. The third-order valence-corrected chi connectivity index (χ3v) is 3.62. The number of nitrogens with one attached hydrogen (secondary N) is 1. The van der Waals surface area contributed by atoms with Gasteiger partial charge in [-0.3, -0.25) is 4.79 Å². The minimum absolute atomic E-state index is 0.0540. The van der Waals surface area contributed by atoms with E-state index in [1.807, 2.05) is 13.8 Å². The monoisotopic (exact) mass is 284 g/mol. The van der Waals surface area contributed by atoms with E-state index >= 15 is 0 Å². The second kappa shape index (κ2) is 6.17. The first-order valence-electron chi connectivity index (χ1n) is 6.58. The number of piperazine rings is 1. The lowest BCUT2D eigenvalue weighted by Gasteiger charge is -2.38. The Morgan fingerprint density at radius 1 is 1.35 bits per heavy atom. The summed E-state index contributed by atoms with van der Waals surface area (Å²) in [5.74, 6) is -0.0345. The number of amides is 1. The van der Waals surface area contributed by atoms with Gasteiger partial charge in [0.1, 0.15) is 5.75 Å². The van der Waals surface area contributed by atoms with E-state index in [1.165, 1.54) is 24.3 Å². The predicted molar refractivity (Wildman–Crippen MR) is 71.0 cm³/mol. The van der Waals surface area contributed by atoms with E-state index in [0.29, 0.717) is 12.1 Å². The third-order valence-electron chi connectivity index (χ3n) is 3.62. The minimum atomic E-state index is -2.86. The number of hydrogen-bond acceptors (Lipinski definition) is 3. The second-order valence-corrected chi connectivity index (χ2v) is 4.88. The Hall–Kier alpha value is -1.69. The zero-order valence-corrected chi connectivity index (χ0v) is 11.5. The van der Waals surface area contributed by atoms with E-state index in [0.717, 1.165) is 6.54 Å². The molecule has 20 heavy (non-hydrogen) atoms. The van der Waals surface area contributed by atoms with Crippen molar-refractivity contribution in [1.29, 1.82) is 0 Å². The molecule has 0 aromatic heterocycles. The van der Waals surface area contributed by atoms with Crippen LogP contribution in [0.1, 0.15) is 24.2 Å². The van der Waals surface area contributed by atoms with Crippen molar-refractivity contribution < 1.29 is 18.3 Å². The third kappa shape index (κ3) is 3.25. The maximum Gasteiger partial charge on any atom is 0.387 e. The number of carbonyl (C=O) groups is 1. The Balaban J connectivity index is 2.08. The lowest BCUT2D eigenvalue weighted by Crippen LogP contribution is -2.57. The molecule has 1 aromatic carbocycles. The standard InChI is InChI=1S/C14H18F2N2O2/c1-9-10(2)18(8-7-17-9)13(19)11-3-5-12(6-4-11)20-14(15)16/h3-6,9-10,14,17H,7-8H2,1-2H3. The Morgan fingerprint density at radius 2 is 2.00 bits per heavy atom. The molecule has 1 heterocycles. The van der Waals surface area contributed by atoms with Gasteiger partial charge in [0.05, 0.1) is 0 Å². The van der Waals surface area contributed by atoms with Gasteiger partial charge in [0.2, 0.25) is 0 Å². The van der Waals surface area contributed by atoms with Crippen molar-refractivity contribution in [3.05, 3.63) is 29.8 Å². The first-order valence-corrected chi connectivity index (χ1v) is 6.58. The van der Waals surface area contributed by atoms with E-state index in [1.54, 1.807) is 4.90 Å². The average Bonchev–Trinajstić information content (AvgIpc) is 2.41. The molecule has 0 radical (unpaired) electrons. The van der Waals surface area contributed by atoms with Crippen molar-refractivity contribution in [3.8, 4) is 5.75 Å². The number of alkyl halides is 2.